The molecule has 2 aromatic heterocycles. The molecule has 0 spiro atoms. The summed E-state index contributed by atoms with van der Waals surface area (Å²) < 4.78 is 10.3. The van der Waals surface area contributed by atoms with Crippen molar-refractivity contribution in [3.63, 3.8) is 0 Å². The van der Waals surface area contributed by atoms with Crippen LogP contribution in [0.25, 0.3) is 0 Å². The molecular weight excluding hydrogens is 366 g/mol. The van der Waals surface area contributed by atoms with Gasteiger partial charge in [-0.3, -0.25) is 10.1 Å². The molecule has 8 heteroatoms. The van der Waals surface area contributed by atoms with E-state index in [0.29, 0.717) is 15.7 Å². The van der Waals surface area contributed by atoms with E-state index in [1.165, 1.54) is 18.4 Å². The van der Waals surface area contributed by atoms with Gasteiger partial charge in [0.1, 0.15) is 10.6 Å². The number of ether oxygens (including phenoxy) is 1. The van der Waals surface area contributed by atoms with E-state index in [0.717, 1.165) is 74.8 Å². The van der Waals surface area contributed by atoms with E-state index in [4.69, 9.17) is 9.26 Å². The van der Waals surface area contributed by atoms with Crippen molar-refractivity contribution >= 4 is 28.3 Å². The number of carbonyl (C=O) groups is 2. The first-order chi connectivity index (χ1) is 13.2. The number of fused-ring (bicyclic) bond motifs is 1. The number of anilines is 1. The van der Waals surface area contributed by atoms with E-state index in [2.05, 4.69) is 15.5 Å². The number of hydrogen-bond acceptors (Lipinski definition) is 7. The molecule has 1 fully saturated rings. The minimum Gasteiger partial charge on any atom is -0.465 e. The molecular formula is C19H23N3O4S. The molecule has 0 unspecified atom stereocenters. The smallest absolute Gasteiger partial charge is 0.350 e. The van der Waals surface area contributed by atoms with Gasteiger partial charge in [-0.2, -0.15) is 0 Å². The minimum atomic E-state index is -0.398. The lowest BCUT2D eigenvalue weighted by molar-refractivity contribution is 0.0604. The quantitative estimate of drug-likeness (QED) is 0.625. The van der Waals surface area contributed by atoms with Crippen LogP contribution in [-0.4, -0.2) is 29.1 Å². The molecule has 0 radical (unpaired) electrons. The minimum absolute atomic E-state index is 0.254. The van der Waals surface area contributed by atoms with Crippen molar-refractivity contribution < 1.29 is 18.8 Å². The van der Waals surface area contributed by atoms with Gasteiger partial charge in [0.25, 0.3) is 5.91 Å². The SMILES string of the molecule is COC(=O)c1sc(NC(=O)c2noc3c2CCCCC3)nc1C1CCCC1. The number of hydrogen-bond donors (Lipinski definition) is 1. The number of nitrogens with one attached hydrogen (secondary N) is 1. The van der Waals surface area contributed by atoms with E-state index >= 15 is 0 Å². The lowest BCUT2D eigenvalue weighted by Gasteiger charge is -2.07. The summed E-state index contributed by atoms with van der Waals surface area (Å²) in [5.74, 6) is 0.346. The van der Waals surface area contributed by atoms with Gasteiger partial charge in [0.05, 0.1) is 12.8 Å². The third-order valence-electron chi connectivity index (χ3n) is 5.40. The van der Waals surface area contributed by atoms with E-state index in [9.17, 15) is 9.59 Å². The Balaban J connectivity index is 1.58. The largest absolute Gasteiger partial charge is 0.465 e. The Morgan fingerprint density at radius 3 is 2.70 bits per heavy atom. The fraction of sp³-hybridized carbons (Fsp3) is 0.579. The predicted octanol–water partition coefficient (Wildman–Crippen LogP) is 4.10. The summed E-state index contributed by atoms with van der Waals surface area (Å²) >= 11 is 1.17. The normalized spacial score (nSPS) is 17.4. The average Bonchev–Trinajstić information content (AvgIpc) is 3.38. The molecule has 2 heterocycles. The molecule has 144 valence electrons. The maximum absolute atomic E-state index is 12.8. The fourth-order valence-electron chi connectivity index (χ4n) is 4.00. The lowest BCUT2D eigenvalue weighted by Crippen LogP contribution is -2.14. The Bertz CT molecular complexity index is 851. The Morgan fingerprint density at radius 2 is 1.93 bits per heavy atom. The van der Waals surface area contributed by atoms with Crippen LogP contribution in [0.5, 0.6) is 0 Å². The van der Waals surface area contributed by atoms with Crippen molar-refractivity contribution in [3.8, 4) is 0 Å². The maximum atomic E-state index is 12.8. The van der Waals surface area contributed by atoms with Crippen LogP contribution in [-0.2, 0) is 17.6 Å². The van der Waals surface area contributed by atoms with Crippen LogP contribution < -0.4 is 5.32 Å². The molecule has 2 aromatic rings. The van der Waals surface area contributed by atoms with Crippen LogP contribution in [0.2, 0.25) is 0 Å². The Kier molecular flexibility index (Phi) is 5.24. The van der Waals surface area contributed by atoms with Crippen molar-refractivity contribution in [2.75, 3.05) is 12.4 Å². The number of thiazole rings is 1. The second kappa shape index (κ2) is 7.80. The van der Waals surface area contributed by atoms with Gasteiger partial charge in [0, 0.05) is 17.9 Å². The molecule has 0 aromatic carbocycles. The second-order valence-electron chi connectivity index (χ2n) is 7.15. The van der Waals surface area contributed by atoms with Crippen LogP contribution in [0, 0.1) is 0 Å². The molecule has 0 atom stereocenters. The number of methoxy groups -OCH3 is 1. The lowest BCUT2D eigenvalue weighted by atomic mass is 10.0. The number of amides is 1. The van der Waals surface area contributed by atoms with Gasteiger partial charge in [-0.25, -0.2) is 9.78 Å². The van der Waals surface area contributed by atoms with Gasteiger partial charge >= 0.3 is 5.97 Å². The van der Waals surface area contributed by atoms with E-state index in [-0.39, 0.29) is 11.8 Å². The number of rotatable bonds is 4. The summed E-state index contributed by atoms with van der Waals surface area (Å²) in [6, 6.07) is 0. The van der Waals surface area contributed by atoms with Crippen molar-refractivity contribution in [1.82, 2.24) is 10.1 Å². The van der Waals surface area contributed by atoms with Gasteiger partial charge in [0.15, 0.2) is 10.8 Å². The highest BCUT2D eigenvalue weighted by Crippen LogP contribution is 2.39. The number of aryl methyl sites for hydroxylation is 1. The van der Waals surface area contributed by atoms with Crippen molar-refractivity contribution in [2.45, 2.75) is 63.7 Å². The first kappa shape index (κ1) is 18.2. The first-order valence-corrected chi connectivity index (χ1v) is 10.4. The van der Waals surface area contributed by atoms with E-state index in [1.54, 1.807) is 0 Å². The van der Waals surface area contributed by atoms with Crippen LogP contribution >= 0.6 is 11.3 Å². The second-order valence-corrected chi connectivity index (χ2v) is 8.15. The zero-order valence-corrected chi connectivity index (χ0v) is 16.2. The van der Waals surface area contributed by atoms with Gasteiger partial charge in [-0.1, -0.05) is 35.8 Å². The highest BCUT2D eigenvalue weighted by Gasteiger charge is 2.29. The molecule has 1 N–H and O–H groups in total. The van der Waals surface area contributed by atoms with E-state index < -0.39 is 5.97 Å². The third kappa shape index (κ3) is 3.63. The zero-order chi connectivity index (χ0) is 18.8. The van der Waals surface area contributed by atoms with Crippen LogP contribution in [0.3, 0.4) is 0 Å². The Morgan fingerprint density at radius 1 is 1.15 bits per heavy atom. The maximum Gasteiger partial charge on any atom is 0.350 e. The molecule has 2 aliphatic carbocycles. The summed E-state index contributed by atoms with van der Waals surface area (Å²) in [4.78, 5) is 30.0. The van der Waals surface area contributed by atoms with Crippen LogP contribution in [0.15, 0.2) is 4.52 Å². The van der Waals surface area contributed by atoms with Gasteiger partial charge < -0.3 is 9.26 Å². The summed E-state index contributed by atoms with van der Waals surface area (Å²) in [5.41, 5.74) is 1.99. The molecule has 7 nitrogen and oxygen atoms in total. The molecule has 0 aliphatic heterocycles. The summed E-state index contributed by atoms with van der Waals surface area (Å²) in [7, 11) is 1.36. The molecule has 0 saturated heterocycles. The standard InChI is InChI=1S/C19H23N3O4S/c1-25-18(24)16-14(11-7-5-6-8-11)20-19(27-16)21-17(23)15-12-9-3-2-4-10-13(12)26-22-15/h11H,2-10H2,1H3,(H,20,21,23). The Labute approximate surface area is 161 Å². The highest BCUT2D eigenvalue weighted by atomic mass is 32.1. The number of nitrogens with zero attached hydrogens (tertiary/aromatic N) is 2. The molecule has 0 bridgehead atoms. The number of aromatic nitrogens is 2. The van der Waals surface area contributed by atoms with Crippen LogP contribution in [0.4, 0.5) is 5.13 Å². The molecule has 1 saturated carbocycles. The average molecular weight is 389 g/mol. The van der Waals surface area contributed by atoms with E-state index in [1.807, 2.05) is 0 Å². The molecule has 2 aliphatic rings. The monoisotopic (exact) mass is 389 g/mol. The van der Waals surface area contributed by atoms with Crippen molar-refractivity contribution in [1.29, 1.82) is 0 Å². The summed E-state index contributed by atoms with van der Waals surface area (Å²) in [6.07, 6.45) is 9.14. The van der Waals surface area contributed by atoms with Crippen molar-refractivity contribution in [2.24, 2.45) is 0 Å². The van der Waals surface area contributed by atoms with Gasteiger partial charge in [-0.15, -0.1) is 0 Å². The fourth-order valence-corrected chi connectivity index (χ4v) is 4.96. The topological polar surface area (TPSA) is 94.3 Å². The van der Waals surface area contributed by atoms with Gasteiger partial charge in [-0.05, 0) is 32.1 Å². The third-order valence-corrected chi connectivity index (χ3v) is 6.37. The highest BCUT2D eigenvalue weighted by molar-refractivity contribution is 7.17. The molecule has 27 heavy (non-hydrogen) atoms. The number of carbonyl (C=O) groups excluding carboxylic acids is 2. The first-order valence-electron chi connectivity index (χ1n) is 9.55. The predicted molar refractivity (Wildman–Crippen MR) is 100 cm³/mol. The number of esters is 1. The van der Waals surface area contributed by atoms with Crippen LogP contribution in [0.1, 0.15) is 88.0 Å². The Hall–Kier alpha value is -2.22. The van der Waals surface area contributed by atoms with Crippen molar-refractivity contribution in [3.05, 3.63) is 27.6 Å². The summed E-state index contributed by atoms with van der Waals surface area (Å²) in [5, 5.41) is 7.22. The molecule has 1 amide bonds. The zero-order valence-electron chi connectivity index (χ0n) is 15.4. The van der Waals surface area contributed by atoms with Gasteiger partial charge in [0.2, 0.25) is 0 Å². The summed E-state index contributed by atoms with van der Waals surface area (Å²) in [6.45, 7) is 0. The molecule has 4 rings (SSSR count).